The number of hydrogen-bond donors (Lipinski definition) is 0. The van der Waals surface area contributed by atoms with E-state index in [0.29, 0.717) is 25.0 Å². The van der Waals surface area contributed by atoms with Crippen molar-refractivity contribution in [3.8, 4) is 0 Å². The van der Waals surface area contributed by atoms with Gasteiger partial charge in [0, 0.05) is 11.1 Å². The summed E-state index contributed by atoms with van der Waals surface area (Å²) in [4.78, 5) is 12.0. The lowest BCUT2D eigenvalue weighted by molar-refractivity contribution is -0.143. The molecule has 4 rings (SSSR count). The Morgan fingerprint density at radius 2 is 1.67 bits per heavy atom. The van der Waals surface area contributed by atoms with E-state index in [9.17, 15) is 35.7 Å². The number of fused-ring (bicyclic) bond motifs is 5. The van der Waals surface area contributed by atoms with E-state index in [1.807, 2.05) is 20.8 Å². The zero-order valence-electron chi connectivity index (χ0n) is 18.4. The Balaban J connectivity index is 1.93. The first-order valence-corrected chi connectivity index (χ1v) is 12.2. The number of hydrogen-bond acceptors (Lipinski definition) is 4. The van der Waals surface area contributed by atoms with Crippen molar-refractivity contribution in [2.45, 2.75) is 58.1 Å². The van der Waals surface area contributed by atoms with Crippen LogP contribution < -0.4 is 4.67 Å². The highest BCUT2D eigenvalue weighted by Crippen LogP contribution is 2.76. The van der Waals surface area contributed by atoms with Crippen LogP contribution in [0.3, 0.4) is 0 Å². The first kappa shape index (κ1) is 24.4. The van der Waals surface area contributed by atoms with Crippen LogP contribution in [-0.2, 0) is 31.0 Å². The molecule has 2 aliphatic carbocycles. The van der Waals surface area contributed by atoms with E-state index in [1.165, 1.54) is 0 Å². The highest BCUT2D eigenvalue weighted by molar-refractivity contribution is 7.62. The summed E-state index contributed by atoms with van der Waals surface area (Å²) in [5, 5.41) is 0. The number of halogens is 6. The molecule has 0 N–H and O–H groups in total. The van der Waals surface area contributed by atoms with Gasteiger partial charge in [0.1, 0.15) is 6.16 Å². The predicted octanol–water partition coefficient (Wildman–Crippen LogP) is 6.12. The lowest BCUT2D eigenvalue weighted by atomic mass is 9.70. The standard InChI is InChI=1S/C21H24F6NO4P/c1-18(2)14-5-6-19(18,3)17-16(14)28(33(30,32-17)10-15(29)31-4)13-8-11(20(22,23)24)7-12(9-13)21(25,26)27/h7-9,14,16-17H,5-6,10H2,1-4H3/t14-,16+,17+,19+,33+/m1/s1. The van der Waals surface area contributed by atoms with Crippen molar-refractivity contribution in [3.05, 3.63) is 29.3 Å². The Morgan fingerprint density at radius 3 is 2.15 bits per heavy atom. The highest BCUT2D eigenvalue weighted by Gasteiger charge is 2.73. The van der Waals surface area contributed by atoms with Crippen LogP contribution in [0, 0.1) is 16.7 Å². The number of nitrogens with zero attached hydrogens (tertiary/aromatic N) is 1. The fraction of sp³-hybridized carbons (Fsp3) is 0.667. The molecular weight excluding hydrogens is 475 g/mol. The van der Waals surface area contributed by atoms with Gasteiger partial charge in [0.2, 0.25) is 0 Å². The van der Waals surface area contributed by atoms with Crippen LogP contribution in [0.1, 0.15) is 44.7 Å². The van der Waals surface area contributed by atoms with Gasteiger partial charge in [0.05, 0.1) is 30.4 Å². The van der Waals surface area contributed by atoms with Crippen molar-refractivity contribution in [3.63, 3.8) is 0 Å². The highest BCUT2D eigenvalue weighted by atomic mass is 31.2. The van der Waals surface area contributed by atoms with Crippen molar-refractivity contribution in [1.29, 1.82) is 0 Å². The summed E-state index contributed by atoms with van der Waals surface area (Å²) in [6.07, 6.45) is -10.3. The van der Waals surface area contributed by atoms with Gasteiger partial charge < -0.3 is 9.26 Å². The van der Waals surface area contributed by atoms with Gasteiger partial charge >= 0.3 is 25.8 Å². The van der Waals surface area contributed by atoms with Crippen LogP contribution in [0.4, 0.5) is 32.0 Å². The van der Waals surface area contributed by atoms with E-state index in [2.05, 4.69) is 4.74 Å². The topological polar surface area (TPSA) is 55.8 Å². The number of esters is 1. The van der Waals surface area contributed by atoms with Crippen molar-refractivity contribution in [2.24, 2.45) is 16.7 Å². The van der Waals surface area contributed by atoms with Gasteiger partial charge in [-0.3, -0.25) is 14.0 Å². The number of carbonyl (C=O) groups excluding carboxylic acids is 1. The van der Waals surface area contributed by atoms with Gasteiger partial charge in [0.15, 0.2) is 0 Å². The summed E-state index contributed by atoms with van der Waals surface area (Å²) in [5.41, 5.74) is -4.45. The Labute approximate surface area is 186 Å². The summed E-state index contributed by atoms with van der Waals surface area (Å²) in [6, 6.07) is 0.381. The molecule has 1 aromatic rings. The van der Waals surface area contributed by atoms with E-state index in [4.69, 9.17) is 4.52 Å². The molecule has 3 fully saturated rings. The summed E-state index contributed by atoms with van der Waals surface area (Å²) in [6.45, 7) is 5.88. The molecule has 0 unspecified atom stereocenters. The second-order valence-electron chi connectivity index (χ2n) is 9.78. The first-order chi connectivity index (χ1) is 15.0. The first-order valence-electron chi connectivity index (χ1n) is 10.4. The van der Waals surface area contributed by atoms with Gasteiger partial charge in [-0.05, 0) is 42.4 Å². The monoisotopic (exact) mass is 499 g/mol. The van der Waals surface area contributed by atoms with Crippen molar-refractivity contribution in [1.82, 2.24) is 0 Å². The maximum absolute atomic E-state index is 14.0. The minimum atomic E-state index is -5.07. The Bertz CT molecular complexity index is 1010. The number of carbonyl (C=O) groups is 1. The van der Waals surface area contributed by atoms with E-state index in [0.717, 1.165) is 11.8 Å². The summed E-state index contributed by atoms with van der Waals surface area (Å²) in [5.74, 6) is -1.13. The molecule has 2 saturated carbocycles. The van der Waals surface area contributed by atoms with Gasteiger partial charge in [-0.2, -0.15) is 26.3 Å². The average molecular weight is 499 g/mol. The quantitative estimate of drug-likeness (QED) is 0.285. The van der Waals surface area contributed by atoms with Crippen LogP contribution in [0.5, 0.6) is 0 Å². The fourth-order valence-electron chi connectivity index (χ4n) is 5.93. The molecule has 1 aliphatic heterocycles. The zero-order valence-corrected chi connectivity index (χ0v) is 19.3. The number of alkyl halides is 6. The Kier molecular flexibility index (Phi) is 5.27. The Morgan fingerprint density at radius 1 is 1.12 bits per heavy atom. The lowest BCUT2D eigenvalue weighted by Crippen LogP contribution is -2.42. The van der Waals surface area contributed by atoms with E-state index in [1.54, 1.807) is 0 Å². The number of benzene rings is 1. The lowest BCUT2D eigenvalue weighted by Gasteiger charge is -2.38. The smallest absolute Gasteiger partial charge is 0.416 e. The summed E-state index contributed by atoms with van der Waals surface area (Å²) >= 11 is 0. The second-order valence-corrected chi connectivity index (χ2v) is 12.0. The molecule has 5 nitrogen and oxygen atoms in total. The van der Waals surface area contributed by atoms with Crippen LogP contribution in [0.2, 0.25) is 0 Å². The minimum Gasteiger partial charge on any atom is -0.469 e. The third-order valence-corrected chi connectivity index (χ3v) is 10.4. The molecule has 0 spiro atoms. The molecule has 1 aromatic carbocycles. The molecule has 0 radical (unpaired) electrons. The van der Waals surface area contributed by atoms with Crippen molar-refractivity contribution < 1.29 is 45.0 Å². The third-order valence-electron chi connectivity index (χ3n) is 8.01. The Hall–Kier alpha value is -1.74. The number of rotatable bonds is 3. The molecule has 1 heterocycles. The van der Waals surface area contributed by atoms with Crippen LogP contribution in [0.15, 0.2) is 18.2 Å². The largest absolute Gasteiger partial charge is 0.469 e. The zero-order chi connectivity index (χ0) is 24.8. The molecule has 1 saturated heterocycles. The summed E-state index contributed by atoms with van der Waals surface area (Å²) < 4.78 is 107. The molecule has 5 atom stereocenters. The second kappa shape index (κ2) is 7.13. The average Bonchev–Trinajstić information content (AvgIpc) is 3.16. The van der Waals surface area contributed by atoms with E-state index >= 15 is 0 Å². The molecular formula is C21H24F6NO4P. The van der Waals surface area contributed by atoms with Crippen molar-refractivity contribution >= 4 is 19.2 Å². The molecule has 12 heteroatoms. The minimum absolute atomic E-state index is 0.0230. The molecule has 0 amide bonds. The molecule has 2 bridgehead atoms. The van der Waals surface area contributed by atoms with Crippen LogP contribution in [-0.4, -0.2) is 31.4 Å². The van der Waals surface area contributed by atoms with Crippen LogP contribution in [0.25, 0.3) is 0 Å². The van der Waals surface area contributed by atoms with Crippen molar-refractivity contribution in [2.75, 3.05) is 17.9 Å². The normalized spacial score (nSPS) is 35.1. The maximum Gasteiger partial charge on any atom is 0.416 e. The molecule has 33 heavy (non-hydrogen) atoms. The predicted molar refractivity (Wildman–Crippen MR) is 107 cm³/mol. The number of methoxy groups -OCH3 is 1. The number of anilines is 1. The molecule has 3 aliphatic rings. The fourth-order valence-corrected chi connectivity index (χ4v) is 8.58. The van der Waals surface area contributed by atoms with E-state index < -0.39 is 66.4 Å². The summed E-state index contributed by atoms with van der Waals surface area (Å²) in [7, 11) is -3.15. The van der Waals surface area contributed by atoms with Gasteiger partial charge in [-0.15, -0.1) is 0 Å². The number of ether oxygens (including phenoxy) is 1. The maximum atomic E-state index is 14.0. The van der Waals surface area contributed by atoms with E-state index in [-0.39, 0.29) is 17.4 Å². The van der Waals surface area contributed by atoms with Gasteiger partial charge in [0.25, 0.3) is 0 Å². The van der Waals surface area contributed by atoms with Gasteiger partial charge in [-0.1, -0.05) is 20.8 Å². The third kappa shape index (κ3) is 3.49. The SMILES string of the molecule is COC(=O)C[P@]1(=O)O[C@H]2[C@H]([C@H]3CC[C@]2(C)C3(C)C)N1c1cc(C(F)(F)F)cc(C(F)(F)F)c1. The molecule has 184 valence electrons. The molecule has 0 aromatic heterocycles. The van der Waals surface area contributed by atoms with Crippen LogP contribution >= 0.6 is 7.52 Å². The van der Waals surface area contributed by atoms with Gasteiger partial charge in [-0.25, -0.2) is 0 Å².